The number of nitrogens with zero attached hydrogens (tertiary/aromatic N) is 1. The number of para-hydroxylation sites is 1. The zero-order chi connectivity index (χ0) is 11.8. The van der Waals surface area contributed by atoms with E-state index in [1.165, 1.54) is 0 Å². The number of aryl methyl sites for hydroxylation is 1. The van der Waals surface area contributed by atoms with Crippen molar-refractivity contribution in [2.45, 2.75) is 13.5 Å². The summed E-state index contributed by atoms with van der Waals surface area (Å²) < 4.78 is 5.29. The molecule has 0 saturated carbocycles. The van der Waals surface area contributed by atoms with Crippen LogP contribution in [0.3, 0.4) is 0 Å². The van der Waals surface area contributed by atoms with Crippen molar-refractivity contribution in [3.05, 3.63) is 41.9 Å². The van der Waals surface area contributed by atoms with Gasteiger partial charge in [-0.1, -0.05) is 12.1 Å². The Kier molecular flexibility index (Phi) is 2.23. The van der Waals surface area contributed by atoms with E-state index in [0.717, 1.165) is 33.7 Å². The summed E-state index contributed by atoms with van der Waals surface area (Å²) in [6, 6.07) is 7.93. The van der Waals surface area contributed by atoms with Crippen molar-refractivity contribution in [1.82, 2.24) is 9.97 Å². The summed E-state index contributed by atoms with van der Waals surface area (Å²) in [5.41, 5.74) is 9.64. The summed E-state index contributed by atoms with van der Waals surface area (Å²) in [6.45, 7) is 2.41. The molecule has 3 N–H and O–H groups in total. The van der Waals surface area contributed by atoms with Gasteiger partial charge in [0.25, 0.3) is 0 Å². The lowest BCUT2D eigenvalue weighted by molar-refractivity contribution is 0.534. The number of furan rings is 1. The van der Waals surface area contributed by atoms with Crippen molar-refractivity contribution < 1.29 is 4.42 Å². The van der Waals surface area contributed by atoms with E-state index in [2.05, 4.69) is 9.97 Å². The molecule has 0 saturated heterocycles. The molecule has 0 radical (unpaired) electrons. The normalized spacial score (nSPS) is 11.2. The summed E-state index contributed by atoms with van der Waals surface area (Å²) in [5.74, 6) is 1.69. The Labute approximate surface area is 98.5 Å². The van der Waals surface area contributed by atoms with Crippen LogP contribution in [0.1, 0.15) is 11.3 Å². The quantitative estimate of drug-likeness (QED) is 0.707. The topological polar surface area (TPSA) is 67.8 Å². The lowest BCUT2D eigenvalue weighted by Gasteiger charge is -1.95. The highest BCUT2D eigenvalue weighted by atomic mass is 16.3. The smallest absolute Gasteiger partial charge is 0.141 e. The van der Waals surface area contributed by atoms with Gasteiger partial charge in [0.15, 0.2) is 0 Å². The second-order valence-corrected chi connectivity index (χ2v) is 4.05. The number of imidazole rings is 1. The van der Waals surface area contributed by atoms with E-state index in [9.17, 15) is 0 Å². The Balaban J connectivity index is 2.19. The van der Waals surface area contributed by atoms with Gasteiger partial charge in [-0.15, -0.1) is 0 Å². The van der Waals surface area contributed by atoms with Crippen LogP contribution in [0.5, 0.6) is 0 Å². The summed E-state index contributed by atoms with van der Waals surface area (Å²) in [5, 5.41) is 0. The van der Waals surface area contributed by atoms with Crippen LogP contribution in [0.2, 0.25) is 0 Å². The van der Waals surface area contributed by atoms with Gasteiger partial charge in [-0.05, 0) is 24.6 Å². The van der Waals surface area contributed by atoms with Crippen LogP contribution in [0, 0.1) is 6.92 Å². The Bertz CT molecular complexity index is 666. The molecule has 0 aliphatic heterocycles. The largest absolute Gasteiger partial charge is 0.469 e. The molecule has 0 atom stereocenters. The number of fused-ring (bicyclic) bond motifs is 1. The Morgan fingerprint density at radius 1 is 1.41 bits per heavy atom. The SMILES string of the molecule is Cc1cc(-c2nc3c(CN)cccc3[nH]2)co1. The van der Waals surface area contributed by atoms with Gasteiger partial charge in [0.05, 0.1) is 16.6 Å². The first kappa shape index (κ1) is 10.1. The molecule has 2 heterocycles. The van der Waals surface area contributed by atoms with Gasteiger partial charge in [-0.3, -0.25) is 0 Å². The van der Waals surface area contributed by atoms with E-state index < -0.39 is 0 Å². The third-order valence-corrected chi connectivity index (χ3v) is 2.82. The van der Waals surface area contributed by atoms with E-state index in [1.54, 1.807) is 6.26 Å². The molecule has 0 fully saturated rings. The van der Waals surface area contributed by atoms with Crippen LogP contribution in [0.25, 0.3) is 22.4 Å². The molecule has 0 spiro atoms. The minimum atomic E-state index is 0.492. The minimum Gasteiger partial charge on any atom is -0.469 e. The maximum Gasteiger partial charge on any atom is 0.141 e. The standard InChI is InChI=1S/C13H13N3O/c1-8-5-10(7-17-8)13-15-11-4-2-3-9(6-14)12(11)16-13/h2-5,7H,6,14H2,1H3,(H,15,16). The predicted molar refractivity (Wildman–Crippen MR) is 66.4 cm³/mol. The summed E-state index contributed by atoms with van der Waals surface area (Å²) in [6.07, 6.45) is 1.70. The third kappa shape index (κ3) is 1.62. The van der Waals surface area contributed by atoms with Crippen molar-refractivity contribution in [3.63, 3.8) is 0 Å². The average molecular weight is 227 g/mol. The van der Waals surface area contributed by atoms with Crippen LogP contribution >= 0.6 is 0 Å². The summed E-state index contributed by atoms with van der Waals surface area (Å²) in [4.78, 5) is 7.84. The predicted octanol–water partition coefficient (Wildman–Crippen LogP) is 2.59. The van der Waals surface area contributed by atoms with Gasteiger partial charge >= 0.3 is 0 Å². The highest BCUT2D eigenvalue weighted by Crippen LogP contribution is 2.24. The monoisotopic (exact) mass is 227 g/mol. The molecule has 86 valence electrons. The van der Waals surface area contributed by atoms with Gasteiger partial charge in [-0.25, -0.2) is 4.98 Å². The molecule has 0 aliphatic rings. The summed E-state index contributed by atoms with van der Waals surface area (Å²) in [7, 11) is 0. The highest BCUT2D eigenvalue weighted by Gasteiger charge is 2.09. The molecule has 4 heteroatoms. The Morgan fingerprint density at radius 2 is 2.29 bits per heavy atom. The first-order valence-corrected chi connectivity index (χ1v) is 5.51. The third-order valence-electron chi connectivity index (χ3n) is 2.82. The number of rotatable bonds is 2. The lowest BCUT2D eigenvalue weighted by atomic mass is 10.2. The first-order chi connectivity index (χ1) is 8.28. The van der Waals surface area contributed by atoms with Crippen LogP contribution < -0.4 is 5.73 Å². The Hall–Kier alpha value is -2.07. The van der Waals surface area contributed by atoms with Crippen LogP contribution in [0.4, 0.5) is 0 Å². The number of H-pyrrole nitrogens is 1. The number of benzene rings is 1. The van der Waals surface area contributed by atoms with Gasteiger partial charge in [0.1, 0.15) is 17.8 Å². The van der Waals surface area contributed by atoms with E-state index in [4.69, 9.17) is 10.2 Å². The maximum atomic E-state index is 5.70. The van der Waals surface area contributed by atoms with Crippen LogP contribution in [-0.4, -0.2) is 9.97 Å². The Morgan fingerprint density at radius 3 is 3.00 bits per heavy atom. The number of aromatic nitrogens is 2. The number of nitrogens with one attached hydrogen (secondary N) is 1. The fourth-order valence-corrected chi connectivity index (χ4v) is 1.96. The van der Waals surface area contributed by atoms with Crippen molar-refractivity contribution in [2.75, 3.05) is 0 Å². The van der Waals surface area contributed by atoms with Gasteiger partial charge < -0.3 is 15.1 Å². The van der Waals surface area contributed by atoms with E-state index >= 15 is 0 Å². The number of aromatic amines is 1. The van der Waals surface area contributed by atoms with Gasteiger partial charge in [0, 0.05) is 6.54 Å². The summed E-state index contributed by atoms with van der Waals surface area (Å²) >= 11 is 0. The number of nitrogens with two attached hydrogens (primary N) is 1. The van der Waals surface area contributed by atoms with Gasteiger partial charge in [-0.2, -0.15) is 0 Å². The maximum absolute atomic E-state index is 5.70. The lowest BCUT2D eigenvalue weighted by Crippen LogP contribution is -1.96. The number of hydrogen-bond donors (Lipinski definition) is 2. The van der Waals surface area contributed by atoms with Crippen LogP contribution in [-0.2, 0) is 6.54 Å². The molecule has 3 rings (SSSR count). The van der Waals surface area contributed by atoms with Crippen molar-refractivity contribution in [2.24, 2.45) is 5.73 Å². The molecule has 2 aromatic heterocycles. The molecular formula is C13H13N3O. The zero-order valence-electron chi connectivity index (χ0n) is 9.53. The molecule has 0 unspecified atom stereocenters. The van der Waals surface area contributed by atoms with Crippen molar-refractivity contribution in [3.8, 4) is 11.4 Å². The molecular weight excluding hydrogens is 214 g/mol. The molecule has 0 amide bonds. The fourth-order valence-electron chi connectivity index (χ4n) is 1.96. The molecule has 1 aromatic carbocycles. The molecule has 3 aromatic rings. The van der Waals surface area contributed by atoms with E-state index in [1.807, 2.05) is 31.2 Å². The molecule has 0 aliphatic carbocycles. The second kappa shape index (κ2) is 3.75. The van der Waals surface area contributed by atoms with E-state index in [0.29, 0.717) is 6.54 Å². The minimum absolute atomic E-state index is 0.492. The first-order valence-electron chi connectivity index (χ1n) is 5.51. The average Bonchev–Trinajstić information content (AvgIpc) is 2.93. The van der Waals surface area contributed by atoms with E-state index in [-0.39, 0.29) is 0 Å². The van der Waals surface area contributed by atoms with Crippen LogP contribution in [0.15, 0.2) is 34.9 Å². The second-order valence-electron chi connectivity index (χ2n) is 4.05. The fraction of sp³-hybridized carbons (Fsp3) is 0.154. The highest BCUT2D eigenvalue weighted by molar-refractivity contribution is 5.82. The van der Waals surface area contributed by atoms with Crippen molar-refractivity contribution in [1.29, 1.82) is 0 Å². The molecule has 4 nitrogen and oxygen atoms in total. The van der Waals surface area contributed by atoms with Crippen molar-refractivity contribution >= 4 is 11.0 Å². The number of hydrogen-bond acceptors (Lipinski definition) is 3. The zero-order valence-corrected chi connectivity index (χ0v) is 9.53. The van der Waals surface area contributed by atoms with Gasteiger partial charge in [0.2, 0.25) is 0 Å². The molecule has 0 bridgehead atoms. The molecule has 17 heavy (non-hydrogen) atoms.